The zero-order chi connectivity index (χ0) is 18.4. The van der Waals surface area contributed by atoms with Gasteiger partial charge in [-0.1, -0.05) is 32.1 Å². The van der Waals surface area contributed by atoms with Crippen LogP contribution in [0, 0.1) is 5.82 Å². The molecule has 0 fully saturated rings. The Morgan fingerprint density at radius 1 is 1.24 bits per heavy atom. The molecule has 0 aliphatic carbocycles. The molecule has 0 aromatic heterocycles. The van der Waals surface area contributed by atoms with E-state index in [4.69, 9.17) is 4.74 Å². The van der Waals surface area contributed by atoms with Gasteiger partial charge in [-0.3, -0.25) is 0 Å². The number of ether oxygens (including phenoxy) is 2. The largest absolute Gasteiger partial charge is 0.465 e. The van der Waals surface area contributed by atoms with Crippen LogP contribution in [0.4, 0.5) is 4.39 Å². The fourth-order valence-electron chi connectivity index (χ4n) is 2.67. The number of esters is 1. The van der Waals surface area contributed by atoms with Crippen molar-refractivity contribution in [3.05, 3.63) is 72.1 Å². The number of hydrogen-bond donors (Lipinski definition) is 0. The third-order valence-corrected chi connectivity index (χ3v) is 4.51. The molecule has 4 heteroatoms. The Kier molecular flexibility index (Phi) is 5.97. The molecular formula is C21H23FO3. The van der Waals surface area contributed by atoms with Crippen LogP contribution < -0.4 is 4.74 Å². The van der Waals surface area contributed by atoms with Crippen LogP contribution in [0.1, 0.15) is 42.6 Å². The van der Waals surface area contributed by atoms with E-state index in [9.17, 15) is 9.18 Å². The van der Waals surface area contributed by atoms with Crippen LogP contribution in [0.2, 0.25) is 0 Å². The number of rotatable bonds is 7. The van der Waals surface area contributed by atoms with Gasteiger partial charge < -0.3 is 9.47 Å². The summed E-state index contributed by atoms with van der Waals surface area (Å²) in [5.41, 5.74) is 1.35. The van der Waals surface area contributed by atoms with Crippen molar-refractivity contribution in [3.63, 3.8) is 0 Å². The molecule has 132 valence electrons. The lowest BCUT2D eigenvalue weighted by molar-refractivity contribution is 0.0600. The van der Waals surface area contributed by atoms with Crippen molar-refractivity contribution in [3.8, 4) is 11.5 Å². The molecule has 2 aromatic rings. The summed E-state index contributed by atoms with van der Waals surface area (Å²) in [7, 11) is 1.25. The first kappa shape index (κ1) is 18.7. The van der Waals surface area contributed by atoms with Crippen LogP contribution in [-0.4, -0.2) is 13.1 Å². The Morgan fingerprint density at radius 2 is 1.92 bits per heavy atom. The number of carbonyl (C=O) groups excluding carboxylic acids is 1. The molecule has 25 heavy (non-hydrogen) atoms. The van der Waals surface area contributed by atoms with Crippen molar-refractivity contribution >= 4 is 5.97 Å². The van der Waals surface area contributed by atoms with E-state index in [1.807, 2.05) is 30.3 Å². The summed E-state index contributed by atoms with van der Waals surface area (Å²) in [6, 6.07) is 11.6. The first-order valence-corrected chi connectivity index (χ1v) is 8.20. The molecule has 2 rings (SSSR count). The van der Waals surface area contributed by atoms with E-state index in [0.717, 1.165) is 18.9 Å². The van der Waals surface area contributed by atoms with Gasteiger partial charge in [-0.2, -0.15) is 0 Å². The average Bonchev–Trinajstić information content (AvgIpc) is 2.63. The van der Waals surface area contributed by atoms with Gasteiger partial charge in [0.15, 0.2) is 11.6 Å². The molecule has 0 bridgehead atoms. The van der Waals surface area contributed by atoms with E-state index >= 15 is 0 Å². The van der Waals surface area contributed by atoms with Gasteiger partial charge in [0, 0.05) is 0 Å². The second-order valence-electron chi connectivity index (χ2n) is 6.17. The molecule has 2 aromatic carbocycles. The van der Waals surface area contributed by atoms with Gasteiger partial charge in [-0.15, -0.1) is 6.58 Å². The van der Waals surface area contributed by atoms with E-state index in [2.05, 4.69) is 25.2 Å². The molecule has 1 unspecified atom stereocenters. The number of halogens is 1. The van der Waals surface area contributed by atoms with Gasteiger partial charge in [-0.25, -0.2) is 9.18 Å². The molecule has 0 heterocycles. The van der Waals surface area contributed by atoms with Crippen molar-refractivity contribution in [1.82, 2.24) is 0 Å². The standard InChI is InChI=1S/C21H23FO3/c1-5-13-21(3,6-2)16-8-10-17(11-9-16)25-19-12-7-15(14-18(19)22)20(23)24-4/h5,7-12,14H,1,6,13H2,2-4H3. The van der Waals surface area contributed by atoms with Gasteiger partial charge >= 0.3 is 5.97 Å². The normalized spacial score (nSPS) is 13.0. The van der Waals surface area contributed by atoms with Crippen LogP contribution >= 0.6 is 0 Å². The maximum atomic E-state index is 14.1. The number of benzene rings is 2. The number of allylic oxidation sites excluding steroid dienone is 1. The highest BCUT2D eigenvalue weighted by Gasteiger charge is 2.22. The zero-order valence-electron chi connectivity index (χ0n) is 14.8. The minimum Gasteiger partial charge on any atom is -0.465 e. The summed E-state index contributed by atoms with van der Waals surface area (Å²) in [6.45, 7) is 8.16. The van der Waals surface area contributed by atoms with E-state index in [1.54, 1.807) is 0 Å². The molecule has 0 saturated heterocycles. The monoisotopic (exact) mass is 342 g/mol. The summed E-state index contributed by atoms with van der Waals surface area (Å²) < 4.78 is 24.3. The predicted octanol–water partition coefficient (Wildman–Crippen LogP) is 5.65. The van der Waals surface area contributed by atoms with Gasteiger partial charge in [0.25, 0.3) is 0 Å². The smallest absolute Gasteiger partial charge is 0.337 e. The van der Waals surface area contributed by atoms with E-state index in [-0.39, 0.29) is 16.7 Å². The Balaban J connectivity index is 2.19. The Morgan fingerprint density at radius 3 is 2.44 bits per heavy atom. The Labute approximate surface area is 148 Å². The van der Waals surface area contributed by atoms with Crippen LogP contribution in [-0.2, 0) is 10.2 Å². The highest BCUT2D eigenvalue weighted by Crippen LogP contribution is 2.33. The van der Waals surface area contributed by atoms with Crippen LogP contribution in [0.3, 0.4) is 0 Å². The predicted molar refractivity (Wildman–Crippen MR) is 96.7 cm³/mol. The molecule has 3 nitrogen and oxygen atoms in total. The van der Waals surface area contributed by atoms with E-state index < -0.39 is 11.8 Å². The highest BCUT2D eigenvalue weighted by atomic mass is 19.1. The van der Waals surface area contributed by atoms with Crippen molar-refractivity contribution in [2.75, 3.05) is 7.11 Å². The molecule has 0 aliphatic rings. The first-order valence-electron chi connectivity index (χ1n) is 8.20. The molecule has 1 atom stereocenters. The Hall–Kier alpha value is -2.62. The maximum Gasteiger partial charge on any atom is 0.337 e. The molecule has 0 N–H and O–H groups in total. The molecule has 0 aliphatic heterocycles. The lowest BCUT2D eigenvalue weighted by Crippen LogP contribution is -2.19. The Bertz CT molecular complexity index is 752. The molecule has 0 amide bonds. The first-order chi connectivity index (χ1) is 11.9. The zero-order valence-corrected chi connectivity index (χ0v) is 14.8. The summed E-state index contributed by atoms with van der Waals surface area (Å²) in [5.74, 6) is -0.608. The minimum atomic E-state index is -0.614. The quantitative estimate of drug-likeness (QED) is 0.482. The minimum absolute atomic E-state index is 0.0215. The average molecular weight is 342 g/mol. The number of methoxy groups -OCH3 is 1. The molecular weight excluding hydrogens is 319 g/mol. The fraction of sp³-hybridized carbons (Fsp3) is 0.286. The topological polar surface area (TPSA) is 35.5 Å². The molecule has 0 saturated carbocycles. The van der Waals surface area contributed by atoms with E-state index in [0.29, 0.717) is 5.75 Å². The van der Waals surface area contributed by atoms with Gasteiger partial charge in [0.05, 0.1) is 12.7 Å². The van der Waals surface area contributed by atoms with Gasteiger partial charge in [0.1, 0.15) is 5.75 Å². The lowest BCUT2D eigenvalue weighted by Gasteiger charge is -2.27. The summed E-state index contributed by atoms with van der Waals surface area (Å²) in [4.78, 5) is 11.4. The van der Waals surface area contributed by atoms with Crippen molar-refractivity contribution in [2.45, 2.75) is 32.1 Å². The fourth-order valence-corrected chi connectivity index (χ4v) is 2.67. The second-order valence-corrected chi connectivity index (χ2v) is 6.17. The summed E-state index contributed by atoms with van der Waals surface area (Å²) in [6.07, 6.45) is 3.79. The summed E-state index contributed by atoms with van der Waals surface area (Å²) in [5, 5.41) is 0. The van der Waals surface area contributed by atoms with Gasteiger partial charge in [0.2, 0.25) is 0 Å². The third kappa shape index (κ3) is 4.27. The van der Waals surface area contributed by atoms with Crippen LogP contribution in [0.5, 0.6) is 11.5 Å². The van der Waals surface area contributed by atoms with Gasteiger partial charge in [-0.05, 0) is 54.2 Å². The van der Waals surface area contributed by atoms with E-state index in [1.165, 1.54) is 24.8 Å². The lowest BCUT2D eigenvalue weighted by atomic mass is 9.77. The highest BCUT2D eigenvalue weighted by molar-refractivity contribution is 5.89. The number of carbonyl (C=O) groups is 1. The summed E-state index contributed by atoms with van der Waals surface area (Å²) >= 11 is 0. The SMILES string of the molecule is C=CCC(C)(CC)c1ccc(Oc2ccc(C(=O)OC)cc2F)cc1. The number of hydrogen-bond acceptors (Lipinski definition) is 3. The van der Waals surface area contributed by atoms with Crippen molar-refractivity contribution in [1.29, 1.82) is 0 Å². The molecule has 0 radical (unpaired) electrons. The third-order valence-electron chi connectivity index (χ3n) is 4.51. The second kappa shape index (κ2) is 7.97. The van der Waals surface area contributed by atoms with Crippen LogP contribution in [0.25, 0.3) is 0 Å². The van der Waals surface area contributed by atoms with Crippen molar-refractivity contribution < 1.29 is 18.7 Å². The van der Waals surface area contributed by atoms with Crippen LogP contribution in [0.15, 0.2) is 55.1 Å². The molecule has 0 spiro atoms. The van der Waals surface area contributed by atoms with Crippen molar-refractivity contribution in [2.24, 2.45) is 0 Å². The maximum absolute atomic E-state index is 14.1.